The molecule has 0 saturated heterocycles. The van der Waals surface area contributed by atoms with E-state index in [2.05, 4.69) is 5.43 Å². The average Bonchev–Trinajstić information content (AvgIpc) is 2.53. The molecule has 2 rings (SSSR count). The van der Waals surface area contributed by atoms with E-state index in [4.69, 9.17) is 0 Å². The van der Waals surface area contributed by atoms with Gasteiger partial charge in [-0.25, -0.2) is 23.4 Å². The van der Waals surface area contributed by atoms with Gasteiger partial charge in [0.25, 0.3) is 15.9 Å². The maximum atomic E-state index is 12.0. The number of hydrogen-bond donors (Lipinski definition) is 3. The van der Waals surface area contributed by atoms with Gasteiger partial charge < -0.3 is 0 Å². The molecule has 0 aromatic heterocycles. The van der Waals surface area contributed by atoms with Crippen LogP contribution < -0.4 is 15.6 Å². The van der Waals surface area contributed by atoms with Crippen LogP contribution in [-0.2, 0) is 10.0 Å². The highest BCUT2D eigenvalue weighted by molar-refractivity contribution is 7.90. The number of carbonyl (C=O) groups excluding carboxylic acids is 2. The van der Waals surface area contributed by atoms with E-state index in [-0.39, 0.29) is 4.90 Å². The Bertz CT molecular complexity index is 802. The highest BCUT2D eigenvalue weighted by atomic mass is 32.2. The Labute approximate surface area is 133 Å². The van der Waals surface area contributed by atoms with Crippen LogP contribution in [0.5, 0.6) is 0 Å². The standard InChI is InChI=1S/C15H15N3O4S/c1-11-7-9-13(10-8-11)23(21,22)18-15(20)17-16-14(19)12-5-3-2-4-6-12/h2-10H,1H3,(H,16,19)(H2,17,18,20). The van der Waals surface area contributed by atoms with Crippen molar-refractivity contribution in [3.8, 4) is 0 Å². The van der Waals surface area contributed by atoms with Gasteiger partial charge in [-0.15, -0.1) is 0 Å². The van der Waals surface area contributed by atoms with Crippen molar-refractivity contribution in [1.82, 2.24) is 15.6 Å². The Morgan fingerprint density at radius 2 is 1.48 bits per heavy atom. The fourth-order valence-electron chi connectivity index (χ4n) is 1.70. The van der Waals surface area contributed by atoms with E-state index in [1.807, 2.05) is 12.3 Å². The quantitative estimate of drug-likeness (QED) is 0.737. The Hall–Kier alpha value is -2.87. The van der Waals surface area contributed by atoms with Crippen LogP contribution in [0.2, 0.25) is 0 Å². The van der Waals surface area contributed by atoms with Crippen LogP contribution in [0, 0.1) is 6.92 Å². The number of aryl methyl sites for hydroxylation is 1. The zero-order chi connectivity index (χ0) is 16.9. The number of sulfonamides is 1. The van der Waals surface area contributed by atoms with Crippen molar-refractivity contribution in [3.63, 3.8) is 0 Å². The molecule has 2 aromatic carbocycles. The van der Waals surface area contributed by atoms with Crippen LogP contribution in [0.3, 0.4) is 0 Å². The lowest BCUT2D eigenvalue weighted by Gasteiger charge is -2.10. The van der Waals surface area contributed by atoms with Crippen molar-refractivity contribution in [3.05, 3.63) is 65.7 Å². The first-order valence-electron chi connectivity index (χ1n) is 6.63. The zero-order valence-corrected chi connectivity index (χ0v) is 13.1. The van der Waals surface area contributed by atoms with E-state index in [9.17, 15) is 18.0 Å². The molecule has 120 valence electrons. The van der Waals surface area contributed by atoms with Gasteiger partial charge in [-0.1, -0.05) is 35.9 Å². The monoisotopic (exact) mass is 333 g/mol. The Balaban J connectivity index is 1.94. The lowest BCUT2D eigenvalue weighted by molar-refractivity contribution is 0.0937. The minimum Gasteiger partial charge on any atom is -0.267 e. The van der Waals surface area contributed by atoms with E-state index in [1.54, 1.807) is 47.2 Å². The third-order valence-electron chi connectivity index (χ3n) is 2.88. The molecule has 7 nitrogen and oxygen atoms in total. The molecule has 0 aliphatic carbocycles. The SMILES string of the molecule is Cc1ccc(S(=O)(=O)NC(=O)NNC(=O)c2ccccc2)cc1. The van der Waals surface area contributed by atoms with Gasteiger partial charge in [0.15, 0.2) is 0 Å². The molecule has 0 aliphatic rings. The number of urea groups is 1. The van der Waals surface area contributed by atoms with Gasteiger partial charge in [-0.05, 0) is 31.2 Å². The van der Waals surface area contributed by atoms with Crippen LogP contribution >= 0.6 is 0 Å². The Morgan fingerprint density at radius 3 is 2.09 bits per heavy atom. The molecule has 3 amide bonds. The molecule has 3 N–H and O–H groups in total. The number of nitrogens with one attached hydrogen (secondary N) is 3. The first-order valence-corrected chi connectivity index (χ1v) is 8.12. The summed E-state index contributed by atoms with van der Waals surface area (Å²) in [5.74, 6) is -0.562. The molecular formula is C15H15N3O4S. The number of amides is 3. The van der Waals surface area contributed by atoms with Gasteiger partial charge in [0.05, 0.1) is 4.90 Å². The molecule has 23 heavy (non-hydrogen) atoms. The van der Waals surface area contributed by atoms with Crippen molar-refractivity contribution in [2.24, 2.45) is 0 Å². The molecule has 0 fully saturated rings. The second-order valence-electron chi connectivity index (χ2n) is 4.69. The smallest absolute Gasteiger partial charge is 0.267 e. The topological polar surface area (TPSA) is 104 Å². The van der Waals surface area contributed by atoms with Crippen molar-refractivity contribution in [1.29, 1.82) is 0 Å². The zero-order valence-electron chi connectivity index (χ0n) is 12.2. The number of hydrazine groups is 1. The molecule has 0 radical (unpaired) electrons. The largest absolute Gasteiger partial charge is 0.347 e. The highest BCUT2D eigenvalue weighted by Gasteiger charge is 2.17. The summed E-state index contributed by atoms with van der Waals surface area (Å²) in [6, 6.07) is 13.1. The predicted octanol–water partition coefficient (Wildman–Crippen LogP) is 1.33. The molecule has 0 atom stereocenters. The van der Waals surface area contributed by atoms with E-state index in [0.29, 0.717) is 5.56 Å². The summed E-state index contributed by atoms with van der Waals surface area (Å²) in [4.78, 5) is 23.3. The summed E-state index contributed by atoms with van der Waals surface area (Å²) >= 11 is 0. The van der Waals surface area contributed by atoms with Gasteiger partial charge in [0, 0.05) is 5.56 Å². The molecule has 8 heteroatoms. The third-order valence-corrected chi connectivity index (χ3v) is 4.23. The van der Waals surface area contributed by atoms with Gasteiger partial charge >= 0.3 is 6.03 Å². The molecule has 0 saturated carbocycles. The Morgan fingerprint density at radius 1 is 0.870 bits per heavy atom. The Kier molecular flexibility index (Phi) is 4.97. The van der Waals surface area contributed by atoms with Crippen LogP contribution in [0.15, 0.2) is 59.5 Å². The maximum Gasteiger partial charge on any atom is 0.347 e. The second kappa shape index (κ2) is 6.93. The van der Waals surface area contributed by atoms with E-state index in [1.165, 1.54) is 12.1 Å². The van der Waals surface area contributed by atoms with E-state index >= 15 is 0 Å². The number of rotatable bonds is 3. The summed E-state index contributed by atoms with van der Waals surface area (Å²) in [5.41, 5.74) is 5.33. The third kappa shape index (κ3) is 4.55. The van der Waals surface area contributed by atoms with Crippen molar-refractivity contribution >= 4 is 22.0 Å². The van der Waals surface area contributed by atoms with Gasteiger partial charge in [0.2, 0.25) is 0 Å². The lowest BCUT2D eigenvalue weighted by atomic mass is 10.2. The van der Waals surface area contributed by atoms with Crippen LogP contribution in [-0.4, -0.2) is 20.4 Å². The fraction of sp³-hybridized carbons (Fsp3) is 0.0667. The number of hydrogen-bond acceptors (Lipinski definition) is 4. The highest BCUT2D eigenvalue weighted by Crippen LogP contribution is 2.09. The maximum absolute atomic E-state index is 12.0. The van der Waals surface area contributed by atoms with Gasteiger partial charge in [0.1, 0.15) is 0 Å². The summed E-state index contributed by atoms with van der Waals surface area (Å²) in [6.07, 6.45) is 0. The number of benzene rings is 2. The van der Waals surface area contributed by atoms with E-state index in [0.717, 1.165) is 5.56 Å². The minimum absolute atomic E-state index is 0.0485. The summed E-state index contributed by atoms with van der Waals surface area (Å²) in [7, 11) is -4.00. The molecule has 0 aliphatic heterocycles. The molecular weight excluding hydrogens is 318 g/mol. The second-order valence-corrected chi connectivity index (χ2v) is 6.38. The molecule has 0 spiro atoms. The average molecular weight is 333 g/mol. The van der Waals surface area contributed by atoms with Crippen molar-refractivity contribution in [2.45, 2.75) is 11.8 Å². The van der Waals surface area contributed by atoms with Crippen molar-refractivity contribution < 1.29 is 18.0 Å². The first-order chi connectivity index (χ1) is 10.9. The first kappa shape index (κ1) is 16.5. The van der Waals surface area contributed by atoms with Crippen LogP contribution in [0.25, 0.3) is 0 Å². The van der Waals surface area contributed by atoms with Crippen LogP contribution in [0.4, 0.5) is 4.79 Å². The fourth-order valence-corrected chi connectivity index (χ4v) is 2.61. The van der Waals surface area contributed by atoms with Crippen LogP contribution in [0.1, 0.15) is 15.9 Å². The normalized spacial score (nSPS) is 10.7. The molecule has 0 bridgehead atoms. The number of carbonyl (C=O) groups is 2. The predicted molar refractivity (Wildman–Crippen MR) is 83.9 cm³/mol. The molecule has 0 unspecified atom stereocenters. The summed E-state index contributed by atoms with van der Waals surface area (Å²) in [5, 5.41) is 0. The molecule has 0 heterocycles. The summed E-state index contributed by atoms with van der Waals surface area (Å²) < 4.78 is 25.8. The minimum atomic E-state index is -4.00. The van der Waals surface area contributed by atoms with Gasteiger partial charge in [-0.2, -0.15) is 0 Å². The molecule has 2 aromatic rings. The van der Waals surface area contributed by atoms with Gasteiger partial charge in [-0.3, -0.25) is 10.2 Å². The summed E-state index contributed by atoms with van der Waals surface area (Å²) in [6.45, 7) is 1.82. The lowest BCUT2D eigenvalue weighted by Crippen LogP contribution is -2.48. The van der Waals surface area contributed by atoms with E-state index < -0.39 is 22.0 Å². The van der Waals surface area contributed by atoms with Crippen molar-refractivity contribution in [2.75, 3.05) is 0 Å².